The third-order valence-electron chi connectivity index (χ3n) is 6.13. The van der Waals surface area contributed by atoms with Gasteiger partial charge in [-0.3, -0.25) is 14.4 Å². The van der Waals surface area contributed by atoms with E-state index in [9.17, 15) is 14.4 Å². The van der Waals surface area contributed by atoms with E-state index < -0.39 is 11.9 Å². The Bertz CT molecular complexity index is 1680. The number of nitrogens with one attached hydrogen (secondary N) is 1. The Labute approximate surface area is 187 Å². The lowest BCUT2D eigenvalue weighted by atomic mass is 9.85. The summed E-state index contributed by atoms with van der Waals surface area (Å²) in [6.45, 7) is 0. The van der Waals surface area contributed by atoms with Crippen molar-refractivity contribution in [2.24, 2.45) is 0 Å². The molecule has 0 bridgehead atoms. The van der Waals surface area contributed by atoms with Crippen LogP contribution >= 0.6 is 0 Å². The molecule has 1 atom stereocenters. The van der Waals surface area contributed by atoms with Gasteiger partial charge in [0.05, 0.1) is 17.4 Å². The summed E-state index contributed by atoms with van der Waals surface area (Å²) in [6, 6.07) is 21.7. The summed E-state index contributed by atoms with van der Waals surface area (Å²) < 4.78 is 11.4. The number of H-pyrrole nitrogens is 1. The van der Waals surface area contributed by atoms with Gasteiger partial charge in [0.2, 0.25) is 5.43 Å². The SMILES string of the molecule is O=C1C[C@H](c2cc3ccccc3[nH]c2=O)c2c(ccc3c(=O)c(-c4ccccc4)coc23)O1. The van der Waals surface area contributed by atoms with Gasteiger partial charge < -0.3 is 14.1 Å². The summed E-state index contributed by atoms with van der Waals surface area (Å²) in [7, 11) is 0. The Hall–Kier alpha value is -4.45. The minimum absolute atomic E-state index is 0.0301. The molecule has 0 aliphatic carbocycles. The van der Waals surface area contributed by atoms with Gasteiger partial charge in [-0.25, -0.2) is 0 Å². The first-order valence-electron chi connectivity index (χ1n) is 10.6. The van der Waals surface area contributed by atoms with Crippen molar-refractivity contribution in [2.45, 2.75) is 12.3 Å². The number of aromatic amines is 1. The van der Waals surface area contributed by atoms with E-state index in [-0.39, 0.29) is 17.4 Å². The van der Waals surface area contributed by atoms with Crippen LogP contribution in [0.25, 0.3) is 33.0 Å². The predicted molar refractivity (Wildman–Crippen MR) is 125 cm³/mol. The van der Waals surface area contributed by atoms with E-state index in [1.807, 2.05) is 54.6 Å². The van der Waals surface area contributed by atoms with Gasteiger partial charge in [-0.2, -0.15) is 0 Å². The van der Waals surface area contributed by atoms with Crippen molar-refractivity contribution < 1.29 is 13.9 Å². The molecule has 0 amide bonds. The fraction of sp³-hybridized carbons (Fsp3) is 0.0741. The van der Waals surface area contributed by atoms with Crippen LogP contribution in [0.1, 0.15) is 23.5 Å². The molecule has 3 aromatic carbocycles. The molecule has 1 aliphatic heterocycles. The van der Waals surface area contributed by atoms with E-state index in [1.165, 1.54) is 6.26 Å². The minimum Gasteiger partial charge on any atom is -0.463 e. The summed E-state index contributed by atoms with van der Waals surface area (Å²) in [4.78, 5) is 41.6. The molecule has 0 saturated heterocycles. The molecule has 0 saturated carbocycles. The number of rotatable bonds is 2. The number of esters is 1. The summed E-state index contributed by atoms with van der Waals surface area (Å²) in [5, 5.41) is 1.22. The number of benzene rings is 3. The van der Waals surface area contributed by atoms with Crippen molar-refractivity contribution in [3.63, 3.8) is 0 Å². The molecule has 6 nitrogen and oxygen atoms in total. The monoisotopic (exact) mass is 435 g/mol. The first-order valence-corrected chi connectivity index (χ1v) is 10.6. The number of ether oxygens (including phenoxy) is 1. The van der Waals surface area contributed by atoms with E-state index in [1.54, 1.807) is 18.2 Å². The molecule has 160 valence electrons. The zero-order valence-electron chi connectivity index (χ0n) is 17.3. The largest absolute Gasteiger partial charge is 0.463 e. The van der Waals surface area contributed by atoms with Crippen LogP contribution in [0.4, 0.5) is 0 Å². The number of pyridine rings is 1. The quantitative estimate of drug-likeness (QED) is 0.320. The zero-order chi connectivity index (χ0) is 22.5. The van der Waals surface area contributed by atoms with Crippen LogP contribution in [0.3, 0.4) is 0 Å². The Kier molecular flexibility index (Phi) is 4.26. The molecular weight excluding hydrogens is 418 g/mol. The molecule has 1 N–H and O–H groups in total. The van der Waals surface area contributed by atoms with E-state index in [4.69, 9.17) is 9.15 Å². The van der Waals surface area contributed by atoms with Gasteiger partial charge in [0.1, 0.15) is 17.6 Å². The van der Waals surface area contributed by atoms with Crippen molar-refractivity contribution in [2.75, 3.05) is 0 Å². The molecule has 0 spiro atoms. The lowest BCUT2D eigenvalue weighted by Crippen LogP contribution is -2.26. The Morgan fingerprint density at radius 2 is 1.67 bits per heavy atom. The molecular formula is C27H17NO5. The van der Waals surface area contributed by atoms with Crippen molar-refractivity contribution in [1.29, 1.82) is 0 Å². The van der Waals surface area contributed by atoms with Crippen molar-refractivity contribution in [1.82, 2.24) is 4.98 Å². The lowest BCUT2D eigenvalue weighted by molar-refractivity contribution is -0.135. The van der Waals surface area contributed by atoms with E-state index >= 15 is 0 Å². The van der Waals surface area contributed by atoms with Crippen LogP contribution in [-0.4, -0.2) is 11.0 Å². The Balaban J connectivity index is 1.61. The standard InChI is InChI=1S/C27H17NO5/c29-23-13-18(19-12-16-8-4-5-9-21(16)28-27(19)31)24-22(33-23)11-10-17-25(30)20(14-32-26(17)24)15-6-2-1-3-7-15/h1-12,14,18H,13H2,(H,28,31)/t18-/m1/s1. The maximum absolute atomic E-state index is 13.3. The minimum atomic E-state index is -0.607. The van der Waals surface area contributed by atoms with Gasteiger partial charge in [0.25, 0.3) is 5.56 Å². The highest BCUT2D eigenvalue weighted by Gasteiger charge is 2.33. The highest BCUT2D eigenvalue weighted by Crippen LogP contribution is 2.42. The number of aromatic nitrogens is 1. The second kappa shape index (κ2) is 7.31. The molecule has 3 heterocycles. The second-order valence-corrected chi connectivity index (χ2v) is 8.07. The van der Waals surface area contributed by atoms with Crippen molar-refractivity contribution in [3.05, 3.63) is 111 Å². The molecule has 33 heavy (non-hydrogen) atoms. The molecule has 2 aromatic heterocycles. The maximum atomic E-state index is 13.3. The lowest BCUT2D eigenvalue weighted by Gasteiger charge is -2.25. The number of carbonyl (C=O) groups excluding carboxylic acids is 1. The van der Waals surface area contributed by atoms with Gasteiger partial charge in [0, 0.05) is 22.6 Å². The van der Waals surface area contributed by atoms with E-state index in [0.29, 0.717) is 38.9 Å². The summed E-state index contributed by atoms with van der Waals surface area (Å²) >= 11 is 0. The first kappa shape index (κ1) is 19.3. The maximum Gasteiger partial charge on any atom is 0.312 e. The van der Waals surface area contributed by atoms with Gasteiger partial charge in [-0.15, -0.1) is 0 Å². The summed E-state index contributed by atoms with van der Waals surface area (Å²) in [5.41, 5.74) is 2.70. The van der Waals surface area contributed by atoms with E-state index in [2.05, 4.69) is 4.98 Å². The van der Waals surface area contributed by atoms with Gasteiger partial charge in [-0.05, 0) is 35.2 Å². The number of hydrogen-bond acceptors (Lipinski definition) is 5. The molecule has 1 aliphatic rings. The van der Waals surface area contributed by atoms with Gasteiger partial charge in [0.15, 0.2) is 0 Å². The second-order valence-electron chi connectivity index (χ2n) is 8.07. The normalized spacial score (nSPS) is 15.4. The zero-order valence-corrected chi connectivity index (χ0v) is 17.3. The summed E-state index contributed by atoms with van der Waals surface area (Å²) in [6.07, 6.45) is 1.40. The predicted octanol–water partition coefficient (Wildman–Crippen LogP) is 4.74. The average Bonchev–Trinajstić information content (AvgIpc) is 2.83. The smallest absolute Gasteiger partial charge is 0.312 e. The van der Waals surface area contributed by atoms with Crippen LogP contribution < -0.4 is 15.7 Å². The molecule has 5 aromatic rings. The molecule has 0 fully saturated rings. The fourth-order valence-corrected chi connectivity index (χ4v) is 4.56. The summed E-state index contributed by atoms with van der Waals surface area (Å²) in [5.74, 6) is -0.751. The highest BCUT2D eigenvalue weighted by molar-refractivity contribution is 5.90. The van der Waals surface area contributed by atoms with E-state index in [0.717, 1.165) is 10.9 Å². The van der Waals surface area contributed by atoms with Crippen molar-refractivity contribution >= 4 is 27.8 Å². The Morgan fingerprint density at radius 1 is 0.879 bits per heavy atom. The number of para-hydroxylation sites is 1. The van der Waals surface area contributed by atoms with Crippen LogP contribution in [0.5, 0.6) is 5.75 Å². The number of fused-ring (bicyclic) bond motifs is 4. The Morgan fingerprint density at radius 3 is 2.52 bits per heavy atom. The molecule has 0 unspecified atom stereocenters. The highest BCUT2D eigenvalue weighted by atomic mass is 16.5. The van der Waals surface area contributed by atoms with Gasteiger partial charge in [-0.1, -0.05) is 48.5 Å². The number of carbonyl (C=O) groups is 1. The molecule has 0 radical (unpaired) electrons. The van der Waals surface area contributed by atoms with Crippen LogP contribution in [0.2, 0.25) is 0 Å². The van der Waals surface area contributed by atoms with Crippen molar-refractivity contribution in [3.8, 4) is 16.9 Å². The average molecular weight is 435 g/mol. The van der Waals surface area contributed by atoms with Crippen LogP contribution in [0.15, 0.2) is 93.1 Å². The molecule has 6 rings (SSSR count). The third kappa shape index (κ3) is 3.07. The fourth-order valence-electron chi connectivity index (χ4n) is 4.56. The molecule has 6 heteroatoms. The van der Waals surface area contributed by atoms with Gasteiger partial charge >= 0.3 is 5.97 Å². The topological polar surface area (TPSA) is 89.4 Å². The third-order valence-corrected chi connectivity index (χ3v) is 6.13. The van der Waals surface area contributed by atoms with Crippen LogP contribution in [-0.2, 0) is 4.79 Å². The van der Waals surface area contributed by atoms with Crippen LogP contribution in [0, 0.1) is 0 Å². The first-order chi connectivity index (χ1) is 16.1. The number of hydrogen-bond donors (Lipinski definition) is 1.